The minimum atomic E-state index is -0.952. The summed E-state index contributed by atoms with van der Waals surface area (Å²) in [5.41, 5.74) is 1.86. The van der Waals surface area contributed by atoms with E-state index < -0.39 is 5.97 Å². The van der Waals surface area contributed by atoms with Gasteiger partial charge in [0, 0.05) is 32.0 Å². The van der Waals surface area contributed by atoms with Gasteiger partial charge in [-0.1, -0.05) is 0 Å². The Labute approximate surface area is 125 Å². The van der Waals surface area contributed by atoms with E-state index in [-0.39, 0.29) is 6.10 Å². The summed E-state index contributed by atoms with van der Waals surface area (Å²) >= 11 is 0. The maximum atomic E-state index is 10.5. The average molecular weight is 290 g/mol. The highest BCUT2D eigenvalue weighted by molar-refractivity contribution is 5.85. The molecule has 0 saturated carbocycles. The second kappa shape index (κ2) is 7.22. The zero-order chi connectivity index (χ0) is 15.2. The van der Waals surface area contributed by atoms with Crippen molar-refractivity contribution in [2.24, 2.45) is 0 Å². The van der Waals surface area contributed by atoms with Gasteiger partial charge in [0.15, 0.2) is 0 Å². The molecule has 1 saturated heterocycles. The Kier molecular flexibility index (Phi) is 5.33. The number of ether oxygens (including phenoxy) is 1. The number of pyridine rings is 1. The molecule has 1 aliphatic rings. The van der Waals surface area contributed by atoms with Gasteiger partial charge in [-0.15, -0.1) is 0 Å². The zero-order valence-electron chi connectivity index (χ0n) is 12.6. The van der Waals surface area contributed by atoms with Crippen molar-refractivity contribution in [3.8, 4) is 0 Å². The molecule has 1 atom stereocenters. The molecule has 1 unspecified atom stereocenters. The van der Waals surface area contributed by atoms with Gasteiger partial charge in [-0.2, -0.15) is 0 Å². The van der Waals surface area contributed by atoms with E-state index in [0.717, 1.165) is 55.6 Å². The van der Waals surface area contributed by atoms with Crippen LogP contribution < -0.4 is 4.90 Å². The van der Waals surface area contributed by atoms with Crippen molar-refractivity contribution in [1.29, 1.82) is 0 Å². The van der Waals surface area contributed by atoms with Crippen molar-refractivity contribution in [1.82, 2.24) is 4.98 Å². The molecule has 0 aliphatic carbocycles. The van der Waals surface area contributed by atoms with Crippen LogP contribution in [0.3, 0.4) is 0 Å². The molecular weight excluding hydrogens is 268 g/mol. The van der Waals surface area contributed by atoms with Crippen molar-refractivity contribution < 1.29 is 14.6 Å². The third kappa shape index (κ3) is 4.29. The fraction of sp³-hybridized carbons (Fsp3) is 0.500. The van der Waals surface area contributed by atoms with Gasteiger partial charge in [-0.05, 0) is 50.0 Å². The van der Waals surface area contributed by atoms with E-state index in [1.54, 1.807) is 12.3 Å². The Balaban J connectivity index is 2.11. The SMILES string of the molecule is CCOC1CCCN(c2ncc(/C=C/C(=O)O)cc2C)C1. The third-order valence-electron chi connectivity index (χ3n) is 3.57. The number of aromatic nitrogens is 1. The summed E-state index contributed by atoms with van der Waals surface area (Å²) in [5.74, 6) is 0.0131. The van der Waals surface area contributed by atoms with Gasteiger partial charge in [0.2, 0.25) is 0 Å². The molecule has 0 radical (unpaired) electrons. The number of aryl methyl sites for hydroxylation is 1. The second-order valence-electron chi connectivity index (χ2n) is 5.25. The van der Waals surface area contributed by atoms with Crippen molar-refractivity contribution in [2.45, 2.75) is 32.8 Å². The van der Waals surface area contributed by atoms with Crippen LogP contribution in [0.4, 0.5) is 5.82 Å². The van der Waals surface area contributed by atoms with Crippen LogP contribution in [0.15, 0.2) is 18.3 Å². The molecule has 1 N–H and O–H groups in total. The average Bonchev–Trinajstić information content (AvgIpc) is 2.46. The molecule has 1 aromatic rings. The number of anilines is 1. The van der Waals surface area contributed by atoms with Crippen LogP contribution in [0.1, 0.15) is 30.9 Å². The van der Waals surface area contributed by atoms with Crippen molar-refractivity contribution in [3.05, 3.63) is 29.5 Å². The summed E-state index contributed by atoms with van der Waals surface area (Å²) in [7, 11) is 0. The van der Waals surface area contributed by atoms with E-state index in [2.05, 4.69) is 9.88 Å². The molecule has 1 aromatic heterocycles. The van der Waals surface area contributed by atoms with Gasteiger partial charge in [-0.3, -0.25) is 0 Å². The molecular formula is C16H22N2O3. The standard InChI is InChI=1S/C16H22N2O3/c1-3-21-14-5-4-8-18(11-14)16-12(2)9-13(10-17-16)6-7-15(19)20/h6-7,9-10,14H,3-5,8,11H2,1-2H3,(H,19,20)/b7-6+. The summed E-state index contributed by atoms with van der Waals surface area (Å²) in [6, 6.07) is 1.96. The van der Waals surface area contributed by atoms with Crippen LogP contribution in [0.25, 0.3) is 6.08 Å². The van der Waals surface area contributed by atoms with Crippen molar-refractivity contribution in [2.75, 3.05) is 24.6 Å². The van der Waals surface area contributed by atoms with E-state index in [4.69, 9.17) is 9.84 Å². The quantitative estimate of drug-likeness (QED) is 0.844. The number of piperidine rings is 1. The fourth-order valence-corrected chi connectivity index (χ4v) is 2.68. The monoisotopic (exact) mass is 290 g/mol. The smallest absolute Gasteiger partial charge is 0.328 e. The molecule has 0 bridgehead atoms. The Morgan fingerprint density at radius 2 is 2.43 bits per heavy atom. The predicted molar refractivity (Wildman–Crippen MR) is 82.5 cm³/mol. The van der Waals surface area contributed by atoms with Crippen LogP contribution in [0, 0.1) is 6.92 Å². The first kappa shape index (κ1) is 15.5. The Bertz CT molecular complexity index is 526. The summed E-state index contributed by atoms with van der Waals surface area (Å²) in [5, 5.41) is 8.65. The van der Waals surface area contributed by atoms with E-state index in [9.17, 15) is 4.79 Å². The number of hydrogen-bond donors (Lipinski definition) is 1. The molecule has 2 heterocycles. The number of carboxylic acids is 1. The second-order valence-corrected chi connectivity index (χ2v) is 5.25. The topological polar surface area (TPSA) is 62.7 Å². The maximum Gasteiger partial charge on any atom is 0.328 e. The van der Waals surface area contributed by atoms with Gasteiger partial charge in [0.05, 0.1) is 6.10 Å². The summed E-state index contributed by atoms with van der Waals surface area (Å²) in [6.45, 7) is 6.62. The van der Waals surface area contributed by atoms with E-state index in [0.29, 0.717) is 0 Å². The van der Waals surface area contributed by atoms with Crippen LogP contribution in [0.5, 0.6) is 0 Å². The first-order valence-electron chi connectivity index (χ1n) is 7.34. The lowest BCUT2D eigenvalue weighted by molar-refractivity contribution is -0.131. The minimum Gasteiger partial charge on any atom is -0.478 e. The molecule has 2 rings (SSSR count). The highest BCUT2D eigenvalue weighted by Crippen LogP contribution is 2.23. The molecule has 1 aliphatic heterocycles. The number of hydrogen-bond acceptors (Lipinski definition) is 4. The minimum absolute atomic E-state index is 0.275. The molecule has 0 spiro atoms. The molecule has 5 nitrogen and oxygen atoms in total. The fourth-order valence-electron chi connectivity index (χ4n) is 2.68. The highest BCUT2D eigenvalue weighted by atomic mass is 16.5. The van der Waals surface area contributed by atoms with Crippen molar-refractivity contribution in [3.63, 3.8) is 0 Å². The zero-order valence-corrected chi connectivity index (χ0v) is 12.6. The van der Waals surface area contributed by atoms with Gasteiger partial charge in [0.25, 0.3) is 0 Å². The molecule has 0 amide bonds. The summed E-state index contributed by atoms with van der Waals surface area (Å²) < 4.78 is 5.72. The third-order valence-corrected chi connectivity index (χ3v) is 3.57. The molecule has 21 heavy (non-hydrogen) atoms. The van der Waals surface area contributed by atoms with Gasteiger partial charge in [0.1, 0.15) is 5.82 Å². The molecule has 114 valence electrons. The van der Waals surface area contributed by atoms with Gasteiger partial charge in [-0.25, -0.2) is 9.78 Å². The number of aliphatic carboxylic acids is 1. The van der Waals surface area contributed by atoms with Crippen LogP contribution in [0.2, 0.25) is 0 Å². The summed E-state index contributed by atoms with van der Waals surface area (Å²) in [4.78, 5) is 17.3. The van der Waals surface area contributed by atoms with E-state index >= 15 is 0 Å². The van der Waals surface area contributed by atoms with E-state index in [1.165, 1.54) is 0 Å². The van der Waals surface area contributed by atoms with Crippen LogP contribution in [-0.2, 0) is 9.53 Å². The Morgan fingerprint density at radius 1 is 1.62 bits per heavy atom. The predicted octanol–water partition coefficient (Wildman–Crippen LogP) is 2.49. The maximum absolute atomic E-state index is 10.5. The normalized spacial score (nSPS) is 19.1. The lowest BCUT2D eigenvalue weighted by Gasteiger charge is -2.34. The van der Waals surface area contributed by atoms with Gasteiger partial charge >= 0.3 is 5.97 Å². The van der Waals surface area contributed by atoms with Crippen LogP contribution in [-0.4, -0.2) is 41.9 Å². The molecule has 0 aromatic carbocycles. The lowest BCUT2D eigenvalue weighted by atomic mass is 10.1. The van der Waals surface area contributed by atoms with Crippen LogP contribution >= 0.6 is 0 Å². The van der Waals surface area contributed by atoms with Gasteiger partial charge < -0.3 is 14.7 Å². The summed E-state index contributed by atoms with van der Waals surface area (Å²) in [6.07, 6.45) is 6.88. The lowest BCUT2D eigenvalue weighted by Crippen LogP contribution is -2.40. The first-order chi connectivity index (χ1) is 10.1. The largest absolute Gasteiger partial charge is 0.478 e. The molecule has 5 heteroatoms. The molecule has 1 fully saturated rings. The Morgan fingerprint density at radius 3 is 3.10 bits per heavy atom. The number of nitrogens with zero attached hydrogens (tertiary/aromatic N) is 2. The number of rotatable bonds is 5. The number of carbonyl (C=O) groups is 1. The number of carboxylic acid groups (broad SMARTS) is 1. The van der Waals surface area contributed by atoms with Crippen molar-refractivity contribution >= 4 is 17.9 Å². The Hall–Kier alpha value is -1.88. The first-order valence-corrected chi connectivity index (χ1v) is 7.34. The van der Waals surface area contributed by atoms with E-state index in [1.807, 2.05) is 19.9 Å². The highest BCUT2D eigenvalue weighted by Gasteiger charge is 2.22.